The Hall–Kier alpha value is -2.22. The van der Waals surface area contributed by atoms with Gasteiger partial charge in [-0.3, -0.25) is 9.36 Å². The summed E-state index contributed by atoms with van der Waals surface area (Å²) < 4.78 is 7.61. The molecule has 0 spiro atoms. The number of thioether (sulfide) groups is 1. The summed E-state index contributed by atoms with van der Waals surface area (Å²) in [4.78, 5) is 14.7. The highest BCUT2D eigenvalue weighted by Crippen LogP contribution is 2.32. The molecule has 1 N–H and O–H groups in total. The number of nitrogens with one attached hydrogen (secondary N) is 1. The Labute approximate surface area is 177 Å². The molecule has 1 amide bonds. The number of ether oxygens (including phenoxy) is 1. The molecule has 1 aliphatic rings. The molecule has 0 saturated carbocycles. The van der Waals surface area contributed by atoms with Gasteiger partial charge in [0.05, 0.1) is 18.6 Å². The number of para-hydroxylation sites is 2. The van der Waals surface area contributed by atoms with E-state index in [0.29, 0.717) is 5.16 Å². The van der Waals surface area contributed by atoms with Crippen molar-refractivity contribution in [3.8, 4) is 11.4 Å². The molecule has 2 heterocycles. The molecule has 0 unspecified atom stereocenters. The van der Waals surface area contributed by atoms with Gasteiger partial charge in [0.15, 0.2) is 5.16 Å². The molecule has 1 aliphatic heterocycles. The highest BCUT2D eigenvalue weighted by molar-refractivity contribution is 7.99. The Morgan fingerprint density at radius 2 is 1.93 bits per heavy atom. The third-order valence-electron chi connectivity index (χ3n) is 5.28. The van der Waals surface area contributed by atoms with Crippen molar-refractivity contribution in [2.24, 2.45) is 0 Å². The van der Waals surface area contributed by atoms with Gasteiger partial charge in [-0.15, -0.1) is 10.2 Å². The Balaban J connectivity index is 1.89. The average Bonchev–Trinajstić information content (AvgIpc) is 3.16. The maximum atomic E-state index is 12.4. The van der Waals surface area contributed by atoms with Gasteiger partial charge < -0.3 is 15.0 Å². The van der Waals surface area contributed by atoms with Crippen LogP contribution in [0.25, 0.3) is 5.69 Å². The summed E-state index contributed by atoms with van der Waals surface area (Å²) in [6.45, 7) is 8.05. The van der Waals surface area contributed by atoms with E-state index in [1.165, 1.54) is 18.2 Å². The van der Waals surface area contributed by atoms with Gasteiger partial charge >= 0.3 is 0 Å². The van der Waals surface area contributed by atoms with Crippen LogP contribution in [0.4, 0.5) is 5.95 Å². The van der Waals surface area contributed by atoms with Gasteiger partial charge in [-0.1, -0.05) is 30.8 Å². The molecule has 1 saturated heterocycles. The number of carbonyl (C=O) groups is 1. The average molecular weight is 418 g/mol. The van der Waals surface area contributed by atoms with Crippen LogP contribution in [-0.2, 0) is 4.79 Å². The summed E-state index contributed by atoms with van der Waals surface area (Å²) in [7, 11) is 1.66. The molecule has 0 aliphatic carbocycles. The second-order valence-electron chi connectivity index (χ2n) is 7.91. The van der Waals surface area contributed by atoms with Crippen LogP contribution >= 0.6 is 11.8 Å². The van der Waals surface area contributed by atoms with Crippen LogP contribution in [0.1, 0.15) is 46.5 Å². The fourth-order valence-electron chi connectivity index (χ4n) is 3.31. The van der Waals surface area contributed by atoms with Crippen molar-refractivity contribution in [2.45, 2.75) is 57.1 Å². The summed E-state index contributed by atoms with van der Waals surface area (Å²) in [6.07, 6.45) is 4.42. The Morgan fingerprint density at radius 3 is 2.62 bits per heavy atom. The quantitative estimate of drug-likeness (QED) is 0.661. The smallest absolute Gasteiger partial charge is 0.232 e. The van der Waals surface area contributed by atoms with E-state index in [0.717, 1.165) is 49.7 Å². The molecular weight excluding hydrogens is 386 g/mol. The minimum Gasteiger partial charge on any atom is -0.495 e. The van der Waals surface area contributed by atoms with Crippen molar-refractivity contribution in [3.63, 3.8) is 0 Å². The normalized spacial score (nSPS) is 14.7. The lowest BCUT2D eigenvalue weighted by molar-refractivity contribution is -0.120. The largest absolute Gasteiger partial charge is 0.495 e. The first-order valence-corrected chi connectivity index (χ1v) is 11.2. The number of aromatic nitrogens is 3. The van der Waals surface area contributed by atoms with Crippen LogP contribution < -0.4 is 15.0 Å². The molecule has 0 atom stereocenters. The van der Waals surface area contributed by atoms with Gasteiger partial charge in [-0.25, -0.2) is 0 Å². The van der Waals surface area contributed by atoms with Gasteiger partial charge in [-0.2, -0.15) is 0 Å². The van der Waals surface area contributed by atoms with Crippen molar-refractivity contribution >= 4 is 23.6 Å². The standard InChI is InChI=1S/C21H31N5O2S/c1-5-21(2,3)22-18(27)15-29-20-24-23-19(25-13-9-6-10-14-25)26(20)16-11-7-8-12-17(16)28-4/h7-8,11-12H,5-6,9-10,13-15H2,1-4H3,(H,22,27). The SMILES string of the molecule is CCC(C)(C)NC(=O)CSc1nnc(N2CCCCC2)n1-c1ccccc1OC. The zero-order valence-corrected chi connectivity index (χ0v) is 18.6. The molecule has 1 fully saturated rings. The van der Waals surface area contributed by atoms with Crippen molar-refractivity contribution in [1.82, 2.24) is 20.1 Å². The van der Waals surface area contributed by atoms with Crippen molar-refractivity contribution in [2.75, 3.05) is 30.9 Å². The minimum atomic E-state index is -0.215. The second-order valence-corrected chi connectivity index (χ2v) is 8.85. The molecule has 7 nitrogen and oxygen atoms in total. The summed E-state index contributed by atoms with van der Waals surface area (Å²) in [5.41, 5.74) is 0.671. The molecular formula is C21H31N5O2S. The molecule has 1 aromatic heterocycles. The highest BCUT2D eigenvalue weighted by atomic mass is 32.2. The summed E-state index contributed by atoms with van der Waals surface area (Å²) in [6, 6.07) is 7.85. The van der Waals surface area contributed by atoms with E-state index in [-0.39, 0.29) is 17.2 Å². The second kappa shape index (κ2) is 9.52. The molecule has 0 bridgehead atoms. The van der Waals surface area contributed by atoms with Gasteiger partial charge in [0.1, 0.15) is 5.75 Å². The molecule has 2 aromatic rings. The number of rotatable bonds is 8. The van der Waals surface area contributed by atoms with Crippen LogP contribution in [0.15, 0.2) is 29.4 Å². The lowest BCUT2D eigenvalue weighted by Gasteiger charge is -2.28. The predicted molar refractivity (Wildman–Crippen MR) is 117 cm³/mol. The van der Waals surface area contributed by atoms with E-state index < -0.39 is 0 Å². The topological polar surface area (TPSA) is 72.3 Å². The first kappa shape index (κ1) is 21.5. The van der Waals surface area contributed by atoms with Crippen LogP contribution in [0.5, 0.6) is 5.75 Å². The van der Waals surface area contributed by atoms with Gasteiger partial charge in [0, 0.05) is 18.6 Å². The number of piperidine rings is 1. The number of nitrogens with zero attached hydrogens (tertiary/aromatic N) is 4. The van der Waals surface area contributed by atoms with E-state index in [2.05, 4.69) is 27.3 Å². The van der Waals surface area contributed by atoms with Crippen LogP contribution in [0, 0.1) is 0 Å². The van der Waals surface area contributed by atoms with Gasteiger partial charge in [0.2, 0.25) is 11.9 Å². The summed E-state index contributed by atoms with van der Waals surface area (Å²) in [5.74, 6) is 1.85. The zero-order valence-electron chi connectivity index (χ0n) is 17.8. The Kier molecular flexibility index (Phi) is 7.05. The summed E-state index contributed by atoms with van der Waals surface area (Å²) in [5, 5.41) is 12.7. The van der Waals surface area contributed by atoms with Gasteiger partial charge in [0.25, 0.3) is 0 Å². The first-order valence-electron chi connectivity index (χ1n) is 10.2. The molecule has 1 aromatic carbocycles. The van der Waals surface area contributed by atoms with Crippen molar-refractivity contribution in [1.29, 1.82) is 0 Å². The van der Waals surface area contributed by atoms with Crippen molar-refractivity contribution in [3.05, 3.63) is 24.3 Å². The van der Waals surface area contributed by atoms with E-state index in [9.17, 15) is 4.79 Å². The van der Waals surface area contributed by atoms with E-state index in [4.69, 9.17) is 4.74 Å². The third-order valence-corrected chi connectivity index (χ3v) is 6.20. The fourth-order valence-corrected chi connectivity index (χ4v) is 4.05. The van der Waals surface area contributed by atoms with Crippen LogP contribution in [-0.4, -0.2) is 52.2 Å². The molecule has 3 rings (SSSR count). The molecule has 158 valence electrons. The first-order chi connectivity index (χ1) is 13.9. The number of hydrogen-bond donors (Lipinski definition) is 1. The van der Waals surface area contributed by atoms with Crippen LogP contribution in [0.3, 0.4) is 0 Å². The van der Waals surface area contributed by atoms with E-state index >= 15 is 0 Å². The number of carbonyl (C=O) groups excluding carboxylic acids is 1. The maximum absolute atomic E-state index is 12.4. The fraction of sp³-hybridized carbons (Fsp3) is 0.571. The highest BCUT2D eigenvalue weighted by Gasteiger charge is 2.24. The molecule has 29 heavy (non-hydrogen) atoms. The minimum absolute atomic E-state index is 0.00375. The number of anilines is 1. The van der Waals surface area contributed by atoms with E-state index in [1.807, 2.05) is 42.7 Å². The number of hydrogen-bond acceptors (Lipinski definition) is 6. The number of methoxy groups -OCH3 is 1. The van der Waals surface area contributed by atoms with Gasteiger partial charge in [-0.05, 0) is 51.7 Å². The van der Waals surface area contributed by atoms with Crippen molar-refractivity contribution < 1.29 is 9.53 Å². The molecule has 0 radical (unpaired) electrons. The maximum Gasteiger partial charge on any atom is 0.232 e. The number of amides is 1. The Bertz CT molecular complexity index is 830. The third kappa shape index (κ3) is 5.23. The molecule has 8 heteroatoms. The Morgan fingerprint density at radius 1 is 1.21 bits per heavy atom. The number of benzene rings is 1. The monoisotopic (exact) mass is 417 g/mol. The summed E-state index contributed by atoms with van der Waals surface area (Å²) >= 11 is 1.40. The van der Waals surface area contributed by atoms with Crippen LogP contribution in [0.2, 0.25) is 0 Å². The predicted octanol–water partition coefficient (Wildman–Crippen LogP) is 3.66. The lowest BCUT2D eigenvalue weighted by Crippen LogP contribution is -2.43. The lowest BCUT2D eigenvalue weighted by atomic mass is 10.0. The van der Waals surface area contributed by atoms with E-state index in [1.54, 1.807) is 7.11 Å². The zero-order chi connectivity index (χ0) is 20.9.